The summed E-state index contributed by atoms with van der Waals surface area (Å²) in [6.07, 6.45) is 0. The van der Waals surface area contributed by atoms with Gasteiger partial charge < -0.3 is 0 Å². The molecule has 0 saturated heterocycles. The van der Waals surface area contributed by atoms with Gasteiger partial charge in [0.05, 0.1) is 9.52 Å². The summed E-state index contributed by atoms with van der Waals surface area (Å²) in [6.45, 7) is 4.27. The van der Waals surface area contributed by atoms with Crippen LogP contribution >= 0.6 is 0 Å². The molecule has 0 aliphatic rings. The fourth-order valence-corrected chi connectivity index (χ4v) is 3.06. The molecule has 0 bridgehead atoms. The standard InChI is InChI=1S/C14H16Si/c1-11-3-7-13(8-4-11)15-14-9-5-12(2)6-10-14/h3-10H,15H2,1-2H3. The molecule has 0 spiro atoms. The first-order valence-corrected chi connectivity index (χ1v) is 6.76. The van der Waals surface area contributed by atoms with Crippen LogP contribution < -0.4 is 10.4 Å². The second-order valence-corrected chi connectivity index (χ2v) is 6.13. The van der Waals surface area contributed by atoms with Gasteiger partial charge >= 0.3 is 0 Å². The fraction of sp³-hybridized carbons (Fsp3) is 0.143. The van der Waals surface area contributed by atoms with Crippen LogP contribution in [-0.2, 0) is 0 Å². The van der Waals surface area contributed by atoms with Crippen molar-refractivity contribution < 1.29 is 0 Å². The molecule has 0 fully saturated rings. The molecule has 0 aliphatic heterocycles. The summed E-state index contributed by atoms with van der Waals surface area (Å²) >= 11 is 0. The first-order valence-electron chi connectivity index (χ1n) is 5.35. The SMILES string of the molecule is Cc1ccc([SiH2]c2ccc(C)cc2)cc1. The van der Waals surface area contributed by atoms with Gasteiger partial charge in [-0.3, -0.25) is 0 Å². The minimum absolute atomic E-state index is 0.266. The van der Waals surface area contributed by atoms with Gasteiger partial charge in [0.25, 0.3) is 0 Å². The zero-order valence-corrected chi connectivity index (χ0v) is 10.7. The largest absolute Gasteiger partial charge is 0.0875 e. The van der Waals surface area contributed by atoms with E-state index < -0.39 is 0 Å². The van der Waals surface area contributed by atoms with Crippen LogP contribution in [0.25, 0.3) is 0 Å². The molecule has 0 aliphatic carbocycles. The van der Waals surface area contributed by atoms with Crippen molar-refractivity contribution in [3.63, 3.8) is 0 Å². The monoisotopic (exact) mass is 212 g/mol. The second kappa shape index (κ2) is 4.45. The molecule has 76 valence electrons. The minimum atomic E-state index is -0.266. The van der Waals surface area contributed by atoms with Crippen molar-refractivity contribution >= 4 is 19.9 Å². The Morgan fingerprint density at radius 3 is 1.27 bits per heavy atom. The molecule has 0 radical (unpaired) electrons. The lowest BCUT2D eigenvalue weighted by atomic mass is 10.2. The molecule has 0 heterocycles. The van der Waals surface area contributed by atoms with Crippen LogP contribution in [0.15, 0.2) is 48.5 Å². The Morgan fingerprint density at radius 1 is 0.600 bits per heavy atom. The third-order valence-corrected chi connectivity index (χ3v) is 4.41. The summed E-state index contributed by atoms with van der Waals surface area (Å²) in [5.41, 5.74) is 2.69. The van der Waals surface area contributed by atoms with Crippen molar-refractivity contribution in [3.8, 4) is 0 Å². The van der Waals surface area contributed by atoms with Crippen LogP contribution in [0, 0.1) is 13.8 Å². The summed E-state index contributed by atoms with van der Waals surface area (Å²) in [6, 6.07) is 17.9. The molecule has 1 heteroatoms. The Bertz CT molecular complexity index is 382. The summed E-state index contributed by atoms with van der Waals surface area (Å²) in [5.74, 6) is 0. The Labute approximate surface area is 93.8 Å². The van der Waals surface area contributed by atoms with Crippen molar-refractivity contribution in [1.82, 2.24) is 0 Å². The van der Waals surface area contributed by atoms with E-state index in [2.05, 4.69) is 62.4 Å². The number of aryl methyl sites for hydroxylation is 2. The minimum Gasteiger partial charge on any atom is -0.0630 e. The van der Waals surface area contributed by atoms with E-state index in [0.717, 1.165) is 0 Å². The Balaban J connectivity index is 2.15. The van der Waals surface area contributed by atoms with Gasteiger partial charge in [0.15, 0.2) is 0 Å². The molecule has 0 saturated carbocycles. The van der Waals surface area contributed by atoms with E-state index in [1.54, 1.807) is 0 Å². The van der Waals surface area contributed by atoms with Crippen molar-refractivity contribution in [1.29, 1.82) is 0 Å². The third kappa shape index (κ3) is 2.80. The molecule has 0 unspecified atom stereocenters. The fourth-order valence-electron chi connectivity index (χ4n) is 1.65. The van der Waals surface area contributed by atoms with E-state index >= 15 is 0 Å². The predicted octanol–water partition coefficient (Wildman–Crippen LogP) is 1.42. The molecule has 0 aromatic heterocycles. The van der Waals surface area contributed by atoms with Gasteiger partial charge in [-0.05, 0) is 13.8 Å². The Hall–Kier alpha value is -1.34. The Morgan fingerprint density at radius 2 is 0.933 bits per heavy atom. The van der Waals surface area contributed by atoms with Gasteiger partial charge in [-0.15, -0.1) is 0 Å². The molecule has 15 heavy (non-hydrogen) atoms. The van der Waals surface area contributed by atoms with Gasteiger partial charge in [-0.2, -0.15) is 0 Å². The second-order valence-electron chi connectivity index (χ2n) is 4.15. The zero-order chi connectivity index (χ0) is 10.7. The van der Waals surface area contributed by atoms with Crippen molar-refractivity contribution in [3.05, 3.63) is 59.7 Å². The molecule has 0 amide bonds. The lowest BCUT2D eigenvalue weighted by molar-refractivity contribution is 1.48. The van der Waals surface area contributed by atoms with Crippen LogP contribution in [0.5, 0.6) is 0 Å². The Kier molecular flexibility index (Phi) is 3.02. The molecule has 2 aromatic carbocycles. The van der Waals surface area contributed by atoms with E-state index in [1.165, 1.54) is 21.5 Å². The van der Waals surface area contributed by atoms with Crippen LogP contribution in [0.3, 0.4) is 0 Å². The maximum Gasteiger partial charge on any atom is 0.0875 e. The summed E-state index contributed by atoms with van der Waals surface area (Å²) in [7, 11) is -0.266. The quantitative estimate of drug-likeness (QED) is 0.661. The highest BCUT2D eigenvalue weighted by Crippen LogP contribution is 1.94. The van der Waals surface area contributed by atoms with Gasteiger partial charge in [0.1, 0.15) is 0 Å². The normalized spacial score (nSPS) is 10.3. The number of hydrogen-bond donors (Lipinski definition) is 0. The lowest BCUT2D eigenvalue weighted by Gasteiger charge is -2.02. The predicted molar refractivity (Wildman–Crippen MR) is 70.2 cm³/mol. The van der Waals surface area contributed by atoms with Crippen LogP contribution in [0.1, 0.15) is 11.1 Å². The van der Waals surface area contributed by atoms with Gasteiger partial charge in [-0.25, -0.2) is 0 Å². The van der Waals surface area contributed by atoms with E-state index in [0.29, 0.717) is 0 Å². The van der Waals surface area contributed by atoms with Crippen molar-refractivity contribution in [2.24, 2.45) is 0 Å². The molecular weight excluding hydrogens is 196 g/mol. The van der Waals surface area contributed by atoms with Crippen molar-refractivity contribution in [2.45, 2.75) is 13.8 Å². The van der Waals surface area contributed by atoms with E-state index in [1.807, 2.05) is 0 Å². The van der Waals surface area contributed by atoms with E-state index in [-0.39, 0.29) is 9.52 Å². The van der Waals surface area contributed by atoms with Crippen LogP contribution in [0.4, 0.5) is 0 Å². The zero-order valence-electron chi connectivity index (χ0n) is 9.33. The maximum atomic E-state index is 2.27. The van der Waals surface area contributed by atoms with E-state index in [4.69, 9.17) is 0 Å². The molecule has 0 atom stereocenters. The average Bonchev–Trinajstić information content (AvgIpc) is 2.25. The van der Waals surface area contributed by atoms with Crippen molar-refractivity contribution in [2.75, 3.05) is 0 Å². The van der Waals surface area contributed by atoms with Gasteiger partial charge in [0, 0.05) is 0 Å². The highest BCUT2D eigenvalue weighted by Gasteiger charge is 1.96. The smallest absolute Gasteiger partial charge is 0.0630 e. The number of rotatable bonds is 2. The summed E-state index contributed by atoms with van der Waals surface area (Å²) < 4.78 is 0. The van der Waals surface area contributed by atoms with E-state index in [9.17, 15) is 0 Å². The molecule has 2 rings (SSSR count). The third-order valence-electron chi connectivity index (χ3n) is 2.65. The highest BCUT2D eigenvalue weighted by atomic mass is 28.2. The highest BCUT2D eigenvalue weighted by molar-refractivity contribution is 6.67. The molecule has 0 N–H and O–H groups in total. The molecule has 0 nitrogen and oxygen atoms in total. The van der Waals surface area contributed by atoms with Gasteiger partial charge in [-0.1, -0.05) is 70.0 Å². The number of hydrogen-bond acceptors (Lipinski definition) is 0. The lowest BCUT2D eigenvalue weighted by Crippen LogP contribution is -2.26. The summed E-state index contributed by atoms with van der Waals surface area (Å²) in [4.78, 5) is 0. The number of benzene rings is 2. The van der Waals surface area contributed by atoms with Crippen LogP contribution in [-0.4, -0.2) is 9.52 Å². The average molecular weight is 212 g/mol. The first-order chi connectivity index (χ1) is 7.24. The van der Waals surface area contributed by atoms with Gasteiger partial charge in [0.2, 0.25) is 0 Å². The molecule has 2 aromatic rings. The maximum absolute atomic E-state index is 2.27. The topological polar surface area (TPSA) is 0 Å². The summed E-state index contributed by atoms with van der Waals surface area (Å²) in [5, 5.41) is 3.04. The van der Waals surface area contributed by atoms with Crippen LogP contribution in [0.2, 0.25) is 0 Å². The molecular formula is C14H16Si. The first kappa shape index (κ1) is 10.2.